The van der Waals surface area contributed by atoms with Crippen molar-refractivity contribution >= 4 is 0 Å². The minimum absolute atomic E-state index is 0.539. The van der Waals surface area contributed by atoms with E-state index in [0.717, 1.165) is 13.1 Å². The van der Waals surface area contributed by atoms with Gasteiger partial charge >= 0.3 is 0 Å². The van der Waals surface area contributed by atoms with Gasteiger partial charge in [0.15, 0.2) is 0 Å². The molecule has 0 spiro atoms. The predicted octanol–water partition coefficient (Wildman–Crippen LogP) is 0.185. The van der Waals surface area contributed by atoms with Crippen molar-refractivity contribution in [3.05, 3.63) is 24.3 Å². The number of nitrogens with one attached hydrogen (secondary N) is 2. The fourth-order valence-corrected chi connectivity index (χ4v) is 1.05. The largest absolute Gasteiger partial charge is 0.315 e. The van der Waals surface area contributed by atoms with Crippen LogP contribution < -0.4 is 10.6 Å². The number of hydrogen-bond acceptors (Lipinski definition) is 4. The molecule has 5 heteroatoms. The van der Waals surface area contributed by atoms with Crippen molar-refractivity contribution in [3.8, 4) is 0 Å². The molecular formula is C9H15FN4. The summed E-state index contributed by atoms with van der Waals surface area (Å²) in [6, 6.07) is 2.73. The van der Waals surface area contributed by atoms with Gasteiger partial charge in [-0.1, -0.05) is 0 Å². The fraction of sp³-hybridized carbons (Fsp3) is 0.556. The Morgan fingerprint density at radius 1 is 1.14 bits per heavy atom. The summed E-state index contributed by atoms with van der Waals surface area (Å²) >= 11 is 0. The molecule has 0 aliphatic carbocycles. The summed E-state index contributed by atoms with van der Waals surface area (Å²) in [6.45, 7) is 4.65. The number of rotatable bonds is 0. The van der Waals surface area contributed by atoms with Crippen molar-refractivity contribution < 1.29 is 4.39 Å². The van der Waals surface area contributed by atoms with Gasteiger partial charge in [0, 0.05) is 19.3 Å². The van der Waals surface area contributed by atoms with Crippen LogP contribution in [0.5, 0.6) is 0 Å². The number of nitrogens with zero attached hydrogens (tertiary/aromatic N) is 2. The maximum absolute atomic E-state index is 11.7. The van der Waals surface area contributed by atoms with E-state index < -0.39 is 5.95 Å². The second kappa shape index (κ2) is 7.34. The average molecular weight is 198 g/mol. The van der Waals surface area contributed by atoms with Gasteiger partial charge in [-0.3, -0.25) is 0 Å². The summed E-state index contributed by atoms with van der Waals surface area (Å²) in [6.07, 6.45) is 2.70. The van der Waals surface area contributed by atoms with E-state index >= 15 is 0 Å². The lowest BCUT2D eigenvalue weighted by Gasteiger charge is -1.92. The lowest BCUT2D eigenvalue weighted by atomic mass is 10.4. The molecule has 2 rings (SSSR count). The Morgan fingerprint density at radius 3 is 2.29 bits per heavy atom. The molecule has 0 unspecified atom stereocenters. The summed E-state index contributed by atoms with van der Waals surface area (Å²) in [5.74, 6) is -0.539. The zero-order valence-corrected chi connectivity index (χ0v) is 8.04. The molecule has 1 aromatic heterocycles. The maximum atomic E-state index is 11.7. The number of halogens is 1. The maximum Gasteiger partial charge on any atom is 0.233 e. The third-order valence-electron chi connectivity index (χ3n) is 1.73. The van der Waals surface area contributed by atoms with E-state index in [1.54, 1.807) is 0 Å². The Kier molecular flexibility index (Phi) is 5.77. The minimum atomic E-state index is -0.539. The predicted molar refractivity (Wildman–Crippen MR) is 52.3 cm³/mol. The van der Waals surface area contributed by atoms with Crippen LogP contribution in [0.3, 0.4) is 0 Å². The highest BCUT2D eigenvalue weighted by molar-refractivity contribution is 4.83. The molecule has 0 saturated carbocycles. The smallest absolute Gasteiger partial charge is 0.233 e. The van der Waals surface area contributed by atoms with Gasteiger partial charge in [0.1, 0.15) is 0 Å². The third-order valence-corrected chi connectivity index (χ3v) is 1.73. The molecule has 14 heavy (non-hydrogen) atoms. The summed E-state index contributed by atoms with van der Waals surface area (Å²) in [7, 11) is 0. The first kappa shape index (κ1) is 11.0. The summed E-state index contributed by atoms with van der Waals surface area (Å²) < 4.78 is 11.7. The second-order valence-electron chi connectivity index (χ2n) is 2.90. The highest BCUT2D eigenvalue weighted by atomic mass is 19.1. The van der Waals surface area contributed by atoms with Crippen molar-refractivity contribution in [2.45, 2.75) is 6.42 Å². The van der Waals surface area contributed by atoms with Crippen LogP contribution in [0.4, 0.5) is 4.39 Å². The molecule has 0 amide bonds. The molecule has 2 heterocycles. The van der Waals surface area contributed by atoms with Gasteiger partial charge in [-0.15, -0.1) is 5.10 Å². The van der Waals surface area contributed by atoms with Crippen LogP contribution in [-0.4, -0.2) is 36.4 Å². The van der Waals surface area contributed by atoms with E-state index in [0.29, 0.717) is 0 Å². The Balaban J connectivity index is 0.000000140. The topological polar surface area (TPSA) is 49.8 Å². The zero-order valence-electron chi connectivity index (χ0n) is 8.04. The molecule has 2 N–H and O–H groups in total. The molecule has 1 saturated heterocycles. The fourth-order valence-electron chi connectivity index (χ4n) is 1.05. The van der Waals surface area contributed by atoms with Crippen molar-refractivity contribution in [2.24, 2.45) is 0 Å². The summed E-state index contributed by atoms with van der Waals surface area (Å²) in [5, 5.41) is 12.9. The molecule has 0 bridgehead atoms. The number of aromatic nitrogens is 2. The van der Waals surface area contributed by atoms with E-state index in [2.05, 4.69) is 20.8 Å². The standard InChI is InChI=1S/C5H12N2.C4H3FN2/c1-2-6-4-5-7-3-1;5-4-2-1-3-6-7-4/h6-7H,1-5H2;1-3H. The van der Waals surface area contributed by atoms with Gasteiger partial charge in [0.05, 0.1) is 0 Å². The van der Waals surface area contributed by atoms with Crippen LogP contribution >= 0.6 is 0 Å². The molecular weight excluding hydrogens is 183 g/mol. The van der Waals surface area contributed by atoms with Gasteiger partial charge < -0.3 is 10.6 Å². The molecule has 1 aliphatic rings. The summed E-state index contributed by atoms with van der Waals surface area (Å²) in [5.41, 5.74) is 0. The molecule has 1 aliphatic heterocycles. The van der Waals surface area contributed by atoms with Crippen LogP contribution in [-0.2, 0) is 0 Å². The van der Waals surface area contributed by atoms with Crippen LogP contribution in [0.2, 0.25) is 0 Å². The van der Waals surface area contributed by atoms with E-state index in [9.17, 15) is 4.39 Å². The van der Waals surface area contributed by atoms with Gasteiger partial charge in [0.2, 0.25) is 5.95 Å². The van der Waals surface area contributed by atoms with Crippen molar-refractivity contribution in [1.29, 1.82) is 0 Å². The van der Waals surface area contributed by atoms with Gasteiger partial charge in [-0.2, -0.15) is 9.49 Å². The van der Waals surface area contributed by atoms with Crippen LogP contribution in [0, 0.1) is 5.95 Å². The monoisotopic (exact) mass is 198 g/mol. The minimum Gasteiger partial charge on any atom is -0.315 e. The second-order valence-corrected chi connectivity index (χ2v) is 2.90. The van der Waals surface area contributed by atoms with E-state index in [1.807, 2.05) is 0 Å². The van der Waals surface area contributed by atoms with Gasteiger partial charge in [-0.05, 0) is 31.6 Å². The van der Waals surface area contributed by atoms with Crippen LogP contribution in [0.15, 0.2) is 18.3 Å². The van der Waals surface area contributed by atoms with Crippen molar-refractivity contribution in [2.75, 3.05) is 26.2 Å². The lowest BCUT2D eigenvalue weighted by molar-refractivity contribution is 0.563. The molecule has 4 nitrogen and oxygen atoms in total. The molecule has 0 aromatic carbocycles. The molecule has 0 radical (unpaired) electrons. The van der Waals surface area contributed by atoms with E-state index in [4.69, 9.17) is 0 Å². The zero-order chi connectivity index (χ0) is 10.1. The third kappa shape index (κ3) is 5.55. The molecule has 0 atom stereocenters. The Bertz CT molecular complexity index is 210. The Labute approximate surface area is 82.9 Å². The first-order valence-electron chi connectivity index (χ1n) is 4.74. The first-order valence-corrected chi connectivity index (χ1v) is 4.74. The molecule has 1 aromatic rings. The SMILES string of the molecule is C1CNCCNC1.Fc1cccnn1. The lowest BCUT2D eigenvalue weighted by Crippen LogP contribution is -2.21. The van der Waals surface area contributed by atoms with Crippen molar-refractivity contribution in [3.63, 3.8) is 0 Å². The number of hydrogen-bond donors (Lipinski definition) is 2. The van der Waals surface area contributed by atoms with E-state index in [-0.39, 0.29) is 0 Å². The molecule has 78 valence electrons. The quantitative estimate of drug-likeness (QED) is 0.624. The average Bonchev–Trinajstić information content (AvgIpc) is 2.51. The van der Waals surface area contributed by atoms with Crippen molar-refractivity contribution in [1.82, 2.24) is 20.8 Å². The Hall–Kier alpha value is -1.07. The van der Waals surface area contributed by atoms with Gasteiger partial charge in [0.25, 0.3) is 0 Å². The Morgan fingerprint density at radius 2 is 1.86 bits per heavy atom. The molecule has 1 fully saturated rings. The first-order chi connectivity index (χ1) is 6.89. The van der Waals surface area contributed by atoms with Gasteiger partial charge in [-0.25, -0.2) is 0 Å². The van der Waals surface area contributed by atoms with Crippen LogP contribution in [0.1, 0.15) is 6.42 Å². The highest BCUT2D eigenvalue weighted by Crippen LogP contribution is 1.82. The highest BCUT2D eigenvalue weighted by Gasteiger charge is 1.92. The van der Waals surface area contributed by atoms with E-state index in [1.165, 1.54) is 37.8 Å². The summed E-state index contributed by atoms with van der Waals surface area (Å²) in [4.78, 5) is 0. The van der Waals surface area contributed by atoms with Crippen LogP contribution in [0.25, 0.3) is 0 Å². The normalized spacial score (nSPS) is 16.4.